The minimum Gasteiger partial charge on any atom is -0.338 e. The summed E-state index contributed by atoms with van der Waals surface area (Å²) in [5.74, 6) is -0.153. The number of rotatable bonds is 4. The van der Waals surface area contributed by atoms with E-state index in [-0.39, 0.29) is 28.2 Å². The number of benzene rings is 1. The molecule has 0 spiro atoms. The first-order valence-corrected chi connectivity index (χ1v) is 8.97. The Bertz CT molecular complexity index is 605. The zero-order chi connectivity index (χ0) is 15.5. The molecular weight excluding hydrogens is 288 g/mol. The summed E-state index contributed by atoms with van der Waals surface area (Å²) in [6.45, 7) is 2.98. The summed E-state index contributed by atoms with van der Waals surface area (Å²) in [4.78, 5) is 14.4. The van der Waals surface area contributed by atoms with Crippen molar-refractivity contribution in [2.45, 2.75) is 37.1 Å². The van der Waals surface area contributed by atoms with E-state index in [1.54, 1.807) is 23.1 Å². The van der Waals surface area contributed by atoms with E-state index in [0.29, 0.717) is 19.5 Å². The molecule has 1 amide bonds. The van der Waals surface area contributed by atoms with E-state index in [4.69, 9.17) is 5.73 Å². The number of nitrogens with zero attached hydrogens (tertiary/aromatic N) is 1. The average molecular weight is 310 g/mol. The molecule has 6 heteroatoms. The van der Waals surface area contributed by atoms with Crippen LogP contribution < -0.4 is 5.73 Å². The fourth-order valence-electron chi connectivity index (χ4n) is 2.57. The highest BCUT2D eigenvalue weighted by Gasteiger charge is 2.26. The predicted octanol–water partition coefficient (Wildman–Crippen LogP) is 1.43. The standard InChI is InChI=1S/C15H22N2O3S/c1-2-11-21(19,20)14-6-4-3-5-13(14)15(18)17-9-7-12(16)8-10-17/h3-6,12H,2,7-11,16H2,1H3. The molecule has 1 heterocycles. The molecular formula is C15H22N2O3S. The number of piperidine rings is 1. The smallest absolute Gasteiger partial charge is 0.255 e. The second kappa shape index (κ2) is 6.58. The van der Waals surface area contributed by atoms with Crippen LogP contribution in [0, 0.1) is 0 Å². The number of carbonyl (C=O) groups is 1. The molecule has 1 aromatic carbocycles. The van der Waals surface area contributed by atoms with E-state index in [1.807, 2.05) is 6.92 Å². The van der Waals surface area contributed by atoms with Crippen LogP contribution in [0.3, 0.4) is 0 Å². The molecule has 0 aromatic heterocycles. The molecule has 0 saturated carbocycles. The number of hydrogen-bond donors (Lipinski definition) is 1. The molecule has 2 N–H and O–H groups in total. The fourth-order valence-corrected chi connectivity index (χ4v) is 4.10. The maximum Gasteiger partial charge on any atom is 0.255 e. The van der Waals surface area contributed by atoms with E-state index in [9.17, 15) is 13.2 Å². The minimum absolute atomic E-state index is 0.0577. The van der Waals surface area contributed by atoms with Crippen LogP contribution in [0.25, 0.3) is 0 Å². The van der Waals surface area contributed by atoms with Gasteiger partial charge in [-0.3, -0.25) is 4.79 Å². The van der Waals surface area contributed by atoms with Crippen LogP contribution in [0.15, 0.2) is 29.2 Å². The van der Waals surface area contributed by atoms with Crippen LogP contribution in [0.4, 0.5) is 0 Å². The number of amides is 1. The molecule has 0 radical (unpaired) electrons. The third-order valence-electron chi connectivity index (χ3n) is 3.75. The van der Waals surface area contributed by atoms with Gasteiger partial charge in [0.2, 0.25) is 0 Å². The lowest BCUT2D eigenvalue weighted by atomic mass is 10.0. The molecule has 1 fully saturated rings. The van der Waals surface area contributed by atoms with Crippen molar-refractivity contribution < 1.29 is 13.2 Å². The zero-order valence-corrected chi connectivity index (χ0v) is 13.1. The van der Waals surface area contributed by atoms with Crippen molar-refractivity contribution in [3.05, 3.63) is 29.8 Å². The predicted molar refractivity (Wildman–Crippen MR) is 81.9 cm³/mol. The van der Waals surface area contributed by atoms with Crippen LogP contribution in [-0.2, 0) is 9.84 Å². The van der Waals surface area contributed by atoms with Crippen LogP contribution in [0.2, 0.25) is 0 Å². The zero-order valence-electron chi connectivity index (χ0n) is 12.3. The summed E-state index contributed by atoms with van der Waals surface area (Å²) in [5.41, 5.74) is 6.12. The first-order valence-electron chi connectivity index (χ1n) is 7.32. The molecule has 1 aliphatic rings. The number of likely N-dealkylation sites (tertiary alicyclic amines) is 1. The summed E-state index contributed by atoms with van der Waals surface area (Å²) < 4.78 is 24.6. The van der Waals surface area contributed by atoms with Crippen molar-refractivity contribution >= 4 is 15.7 Å². The van der Waals surface area contributed by atoms with E-state index in [1.165, 1.54) is 6.07 Å². The second-order valence-electron chi connectivity index (χ2n) is 5.44. The van der Waals surface area contributed by atoms with Crippen molar-refractivity contribution in [2.75, 3.05) is 18.8 Å². The fraction of sp³-hybridized carbons (Fsp3) is 0.533. The Morgan fingerprint density at radius 3 is 2.52 bits per heavy atom. The Kier molecular flexibility index (Phi) is 5.00. The second-order valence-corrected chi connectivity index (χ2v) is 7.52. The van der Waals surface area contributed by atoms with Gasteiger partial charge < -0.3 is 10.6 Å². The Labute approximate surface area is 126 Å². The Morgan fingerprint density at radius 2 is 1.90 bits per heavy atom. The lowest BCUT2D eigenvalue weighted by Crippen LogP contribution is -2.43. The van der Waals surface area contributed by atoms with Crippen LogP contribution in [-0.4, -0.2) is 44.1 Å². The van der Waals surface area contributed by atoms with Crippen molar-refractivity contribution in [3.63, 3.8) is 0 Å². The lowest BCUT2D eigenvalue weighted by molar-refractivity contribution is 0.0711. The SMILES string of the molecule is CCCS(=O)(=O)c1ccccc1C(=O)N1CCC(N)CC1. The van der Waals surface area contributed by atoms with Gasteiger partial charge in [-0.1, -0.05) is 19.1 Å². The van der Waals surface area contributed by atoms with Gasteiger partial charge in [0.25, 0.3) is 5.91 Å². The molecule has 5 nitrogen and oxygen atoms in total. The Balaban J connectivity index is 2.30. The maximum atomic E-state index is 12.6. The van der Waals surface area contributed by atoms with E-state index in [2.05, 4.69) is 0 Å². The third-order valence-corrected chi connectivity index (χ3v) is 5.72. The van der Waals surface area contributed by atoms with Gasteiger partial charge in [-0.2, -0.15) is 0 Å². The number of hydrogen-bond acceptors (Lipinski definition) is 4. The highest BCUT2D eigenvalue weighted by Crippen LogP contribution is 2.21. The topological polar surface area (TPSA) is 80.5 Å². The van der Waals surface area contributed by atoms with Crippen molar-refractivity contribution in [1.82, 2.24) is 4.90 Å². The maximum absolute atomic E-state index is 12.6. The largest absolute Gasteiger partial charge is 0.338 e. The molecule has 1 aliphatic heterocycles. The van der Waals surface area contributed by atoms with Crippen LogP contribution >= 0.6 is 0 Å². The highest BCUT2D eigenvalue weighted by molar-refractivity contribution is 7.91. The molecule has 1 aromatic rings. The normalized spacial score (nSPS) is 17.0. The molecule has 21 heavy (non-hydrogen) atoms. The average Bonchev–Trinajstić information content (AvgIpc) is 2.47. The summed E-state index contributed by atoms with van der Waals surface area (Å²) >= 11 is 0. The number of nitrogens with two attached hydrogens (primary N) is 1. The quantitative estimate of drug-likeness (QED) is 0.912. The summed E-state index contributed by atoms with van der Waals surface area (Å²) in [5, 5.41) is 0. The van der Waals surface area contributed by atoms with Gasteiger partial charge >= 0.3 is 0 Å². The van der Waals surface area contributed by atoms with E-state index < -0.39 is 9.84 Å². The molecule has 0 atom stereocenters. The third kappa shape index (κ3) is 3.63. The van der Waals surface area contributed by atoms with Crippen molar-refractivity contribution in [3.8, 4) is 0 Å². The Hall–Kier alpha value is -1.40. The van der Waals surface area contributed by atoms with E-state index >= 15 is 0 Å². The van der Waals surface area contributed by atoms with Gasteiger partial charge in [0, 0.05) is 19.1 Å². The monoisotopic (exact) mass is 310 g/mol. The van der Waals surface area contributed by atoms with Crippen molar-refractivity contribution in [2.24, 2.45) is 5.73 Å². The van der Waals surface area contributed by atoms with Gasteiger partial charge in [-0.05, 0) is 31.4 Å². The Morgan fingerprint density at radius 1 is 1.29 bits per heavy atom. The van der Waals surface area contributed by atoms with Gasteiger partial charge in [0.05, 0.1) is 16.2 Å². The van der Waals surface area contributed by atoms with Crippen LogP contribution in [0.5, 0.6) is 0 Å². The van der Waals surface area contributed by atoms with Gasteiger partial charge in [0.1, 0.15) is 0 Å². The number of carbonyl (C=O) groups excluding carboxylic acids is 1. The molecule has 116 valence electrons. The highest BCUT2D eigenvalue weighted by atomic mass is 32.2. The molecule has 2 rings (SSSR count). The summed E-state index contributed by atoms with van der Waals surface area (Å²) in [6, 6.07) is 6.61. The molecule has 0 aliphatic carbocycles. The van der Waals surface area contributed by atoms with Crippen LogP contribution in [0.1, 0.15) is 36.5 Å². The number of sulfone groups is 1. The molecule has 1 saturated heterocycles. The van der Waals surface area contributed by atoms with E-state index in [0.717, 1.165) is 12.8 Å². The minimum atomic E-state index is -3.41. The molecule has 0 unspecified atom stereocenters. The summed E-state index contributed by atoms with van der Waals surface area (Å²) in [6.07, 6.45) is 2.05. The first kappa shape index (κ1) is 16.0. The summed E-state index contributed by atoms with van der Waals surface area (Å²) in [7, 11) is -3.41. The van der Waals surface area contributed by atoms with Crippen molar-refractivity contribution in [1.29, 1.82) is 0 Å². The van der Waals surface area contributed by atoms with Gasteiger partial charge in [-0.15, -0.1) is 0 Å². The lowest BCUT2D eigenvalue weighted by Gasteiger charge is -2.30. The molecule has 0 bridgehead atoms. The van der Waals surface area contributed by atoms with Gasteiger partial charge in [-0.25, -0.2) is 8.42 Å². The first-order chi connectivity index (χ1) is 9.95. The van der Waals surface area contributed by atoms with Gasteiger partial charge in [0.15, 0.2) is 9.84 Å².